The molecule has 2 rings (SSSR count). The molecular weight excluding hydrogens is 294 g/mol. The summed E-state index contributed by atoms with van der Waals surface area (Å²) in [4.78, 5) is 25.3. The number of thiophene rings is 1. The molecule has 1 aliphatic heterocycles. The van der Waals surface area contributed by atoms with Crippen molar-refractivity contribution in [3.8, 4) is 0 Å². The normalized spacial score (nSPS) is 14.0. The summed E-state index contributed by atoms with van der Waals surface area (Å²) in [6.07, 6.45) is 0.863. The summed E-state index contributed by atoms with van der Waals surface area (Å²) in [5, 5.41) is 3.52. The highest BCUT2D eigenvalue weighted by Gasteiger charge is 2.27. The third-order valence-corrected chi connectivity index (χ3v) is 5.38. The van der Waals surface area contributed by atoms with Crippen molar-refractivity contribution in [2.24, 2.45) is 5.92 Å². The Balaban J connectivity index is 2.36. The average molecular weight is 313 g/mol. The van der Waals surface area contributed by atoms with Crippen LogP contribution in [0.5, 0.6) is 0 Å². The standard InChI is InChI=1S/C14H19NO3S2/c1-4-18-14(17)11-9-5-6-19-7-10(9)20-13(11)15-12(16)8(2)3/h8H,4-7H2,1-3H3,(H,15,16). The highest BCUT2D eigenvalue weighted by atomic mass is 32.2. The smallest absolute Gasteiger partial charge is 0.341 e. The van der Waals surface area contributed by atoms with E-state index in [9.17, 15) is 9.59 Å². The van der Waals surface area contributed by atoms with Gasteiger partial charge in [-0.25, -0.2) is 4.79 Å². The van der Waals surface area contributed by atoms with Gasteiger partial charge in [-0.15, -0.1) is 11.3 Å². The minimum absolute atomic E-state index is 0.0678. The predicted molar refractivity (Wildman–Crippen MR) is 83.6 cm³/mol. The van der Waals surface area contributed by atoms with Crippen molar-refractivity contribution in [3.63, 3.8) is 0 Å². The van der Waals surface area contributed by atoms with Gasteiger partial charge in [0.05, 0.1) is 12.2 Å². The number of fused-ring (bicyclic) bond motifs is 1. The molecule has 20 heavy (non-hydrogen) atoms. The first-order chi connectivity index (χ1) is 9.54. The number of thioether (sulfide) groups is 1. The van der Waals surface area contributed by atoms with Gasteiger partial charge >= 0.3 is 5.97 Å². The van der Waals surface area contributed by atoms with Gasteiger partial charge in [0.1, 0.15) is 5.00 Å². The van der Waals surface area contributed by atoms with Crippen LogP contribution in [0.3, 0.4) is 0 Å². The number of hydrogen-bond donors (Lipinski definition) is 1. The summed E-state index contributed by atoms with van der Waals surface area (Å²) in [6, 6.07) is 0. The zero-order valence-electron chi connectivity index (χ0n) is 11.9. The Hall–Kier alpha value is -1.01. The first-order valence-electron chi connectivity index (χ1n) is 6.74. The lowest BCUT2D eigenvalue weighted by Gasteiger charge is -2.12. The van der Waals surface area contributed by atoms with E-state index in [-0.39, 0.29) is 17.8 Å². The molecule has 0 aliphatic carbocycles. The SMILES string of the molecule is CCOC(=O)c1c(NC(=O)C(C)C)sc2c1CCSC2. The number of esters is 1. The Morgan fingerprint density at radius 1 is 1.40 bits per heavy atom. The van der Waals surface area contributed by atoms with Crippen molar-refractivity contribution >= 4 is 40.0 Å². The molecule has 110 valence electrons. The zero-order valence-corrected chi connectivity index (χ0v) is 13.6. The Morgan fingerprint density at radius 2 is 2.15 bits per heavy atom. The topological polar surface area (TPSA) is 55.4 Å². The van der Waals surface area contributed by atoms with Crippen LogP contribution in [0.1, 0.15) is 41.6 Å². The summed E-state index contributed by atoms with van der Waals surface area (Å²) in [7, 11) is 0. The molecule has 0 radical (unpaired) electrons. The highest BCUT2D eigenvalue weighted by Crippen LogP contribution is 2.40. The van der Waals surface area contributed by atoms with Gasteiger partial charge in [0.25, 0.3) is 0 Å². The van der Waals surface area contributed by atoms with Gasteiger partial charge in [0.15, 0.2) is 0 Å². The second kappa shape index (κ2) is 6.63. The summed E-state index contributed by atoms with van der Waals surface area (Å²) in [5.74, 6) is 1.41. The van der Waals surface area contributed by atoms with E-state index in [0.29, 0.717) is 17.2 Å². The van der Waals surface area contributed by atoms with Crippen molar-refractivity contribution in [2.75, 3.05) is 17.7 Å². The number of hydrogen-bond acceptors (Lipinski definition) is 5. The third-order valence-electron chi connectivity index (χ3n) is 3.06. The number of anilines is 1. The van der Waals surface area contributed by atoms with E-state index in [1.807, 2.05) is 25.6 Å². The van der Waals surface area contributed by atoms with Crippen molar-refractivity contribution in [2.45, 2.75) is 32.9 Å². The molecule has 0 bridgehead atoms. The largest absolute Gasteiger partial charge is 0.462 e. The molecule has 0 fully saturated rings. The molecule has 0 saturated carbocycles. The van der Waals surface area contributed by atoms with E-state index in [0.717, 1.165) is 23.5 Å². The first kappa shape index (κ1) is 15.4. The summed E-state index contributed by atoms with van der Waals surface area (Å²) in [6.45, 7) is 5.81. The van der Waals surface area contributed by atoms with Crippen LogP contribution in [0, 0.1) is 5.92 Å². The molecular formula is C14H19NO3S2. The molecule has 0 saturated heterocycles. The number of rotatable bonds is 4. The van der Waals surface area contributed by atoms with E-state index >= 15 is 0 Å². The first-order valence-corrected chi connectivity index (χ1v) is 8.72. The third kappa shape index (κ3) is 3.17. The van der Waals surface area contributed by atoms with Gasteiger partial charge in [-0.3, -0.25) is 4.79 Å². The van der Waals surface area contributed by atoms with Crippen LogP contribution >= 0.6 is 23.1 Å². The van der Waals surface area contributed by atoms with Crippen LogP contribution in [-0.2, 0) is 21.7 Å². The van der Waals surface area contributed by atoms with Crippen LogP contribution in [0.4, 0.5) is 5.00 Å². The van der Waals surface area contributed by atoms with Gasteiger partial charge < -0.3 is 10.1 Å². The Morgan fingerprint density at radius 3 is 2.80 bits per heavy atom. The van der Waals surface area contributed by atoms with E-state index < -0.39 is 0 Å². The van der Waals surface area contributed by atoms with Gasteiger partial charge in [-0.2, -0.15) is 11.8 Å². The van der Waals surface area contributed by atoms with Crippen LogP contribution in [0.2, 0.25) is 0 Å². The molecule has 1 aromatic heterocycles. The quantitative estimate of drug-likeness (QED) is 0.867. The number of carbonyl (C=O) groups excluding carboxylic acids is 2. The lowest BCUT2D eigenvalue weighted by atomic mass is 10.1. The van der Waals surface area contributed by atoms with Crippen LogP contribution in [-0.4, -0.2) is 24.2 Å². The monoisotopic (exact) mass is 313 g/mol. The maximum Gasteiger partial charge on any atom is 0.341 e. The molecule has 1 amide bonds. The van der Waals surface area contributed by atoms with Crippen LogP contribution in [0.25, 0.3) is 0 Å². The summed E-state index contributed by atoms with van der Waals surface area (Å²) in [5.41, 5.74) is 1.63. The van der Waals surface area contributed by atoms with Gasteiger partial charge in [-0.1, -0.05) is 13.8 Å². The van der Waals surface area contributed by atoms with Crippen LogP contribution < -0.4 is 5.32 Å². The molecule has 0 unspecified atom stereocenters. The molecule has 1 N–H and O–H groups in total. The summed E-state index contributed by atoms with van der Waals surface area (Å²) >= 11 is 3.36. The van der Waals surface area contributed by atoms with Crippen molar-refractivity contribution < 1.29 is 14.3 Å². The van der Waals surface area contributed by atoms with E-state index in [1.165, 1.54) is 16.2 Å². The molecule has 0 aromatic carbocycles. The lowest BCUT2D eigenvalue weighted by Crippen LogP contribution is -2.19. The molecule has 2 heterocycles. The molecule has 6 heteroatoms. The second-order valence-corrected chi connectivity index (χ2v) is 7.09. The minimum Gasteiger partial charge on any atom is -0.462 e. The number of nitrogens with one attached hydrogen (secondary N) is 1. The molecule has 1 aromatic rings. The predicted octanol–water partition coefficient (Wildman–Crippen LogP) is 3.31. The lowest BCUT2D eigenvalue weighted by molar-refractivity contribution is -0.118. The fourth-order valence-corrected chi connectivity index (χ4v) is 4.37. The second-order valence-electron chi connectivity index (χ2n) is 4.87. The highest BCUT2D eigenvalue weighted by molar-refractivity contribution is 7.98. The van der Waals surface area contributed by atoms with Gasteiger partial charge in [-0.05, 0) is 24.7 Å². The number of carbonyl (C=O) groups is 2. The fraction of sp³-hybridized carbons (Fsp3) is 0.571. The number of ether oxygens (including phenoxy) is 1. The molecule has 0 atom stereocenters. The van der Waals surface area contributed by atoms with Crippen molar-refractivity contribution in [1.29, 1.82) is 0 Å². The maximum atomic E-state index is 12.2. The average Bonchev–Trinajstić information content (AvgIpc) is 2.76. The van der Waals surface area contributed by atoms with E-state index in [4.69, 9.17) is 4.74 Å². The Kier molecular flexibility index (Phi) is 5.10. The van der Waals surface area contributed by atoms with E-state index in [1.54, 1.807) is 6.92 Å². The Bertz CT molecular complexity index is 523. The van der Waals surface area contributed by atoms with Crippen molar-refractivity contribution in [1.82, 2.24) is 0 Å². The van der Waals surface area contributed by atoms with Gasteiger partial charge in [0, 0.05) is 16.5 Å². The summed E-state index contributed by atoms with van der Waals surface area (Å²) < 4.78 is 5.14. The Labute approximate surface area is 127 Å². The zero-order chi connectivity index (χ0) is 14.7. The fourth-order valence-electron chi connectivity index (χ4n) is 2.00. The minimum atomic E-state index is -0.323. The van der Waals surface area contributed by atoms with E-state index in [2.05, 4.69) is 5.32 Å². The molecule has 0 spiro atoms. The number of amides is 1. The van der Waals surface area contributed by atoms with Crippen LogP contribution in [0.15, 0.2) is 0 Å². The van der Waals surface area contributed by atoms with Gasteiger partial charge in [0.2, 0.25) is 5.91 Å². The van der Waals surface area contributed by atoms with Crippen molar-refractivity contribution in [3.05, 3.63) is 16.0 Å². The maximum absolute atomic E-state index is 12.2. The molecule has 4 nitrogen and oxygen atoms in total. The molecule has 1 aliphatic rings.